The molecule has 44 heavy (non-hydrogen) atoms. The van der Waals surface area contributed by atoms with E-state index in [1.165, 1.54) is 51.9 Å². The van der Waals surface area contributed by atoms with Crippen molar-refractivity contribution in [2.45, 2.75) is 45.5 Å². The zero-order valence-corrected chi connectivity index (χ0v) is 24.9. The quantitative estimate of drug-likeness (QED) is 0.234. The van der Waals surface area contributed by atoms with Gasteiger partial charge in [-0.15, -0.1) is 18.3 Å². The summed E-state index contributed by atoms with van der Waals surface area (Å²) in [5.41, 5.74) is 3.98. The lowest BCUT2D eigenvalue weighted by Gasteiger charge is -2.21. The van der Waals surface area contributed by atoms with E-state index in [0.29, 0.717) is 23.1 Å². The van der Waals surface area contributed by atoms with Gasteiger partial charge in [0.15, 0.2) is 11.0 Å². The van der Waals surface area contributed by atoms with E-state index in [2.05, 4.69) is 39.0 Å². The van der Waals surface area contributed by atoms with Gasteiger partial charge in [0.05, 0.1) is 17.1 Å². The molecule has 9 nitrogen and oxygen atoms in total. The second kappa shape index (κ2) is 12.9. The predicted molar refractivity (Wildman–Crippen MR) is 163 cm³/mol. The third kappa shape index (κ3) is 7.46. The molecule has 0 radical (unpaired) electrons. The Bertz CT molecular complexity index is 1670. The third-order valence-corrected chi connectivity index (χ3v) is 7.64. The number of para-hydroxylation sites is 1. The molecule has 0 saturated carbocycles. The first kappa shape index (κ1) is 30.8. The number of ether oxygens (including phenoxy) is 1. The van der Waals surface area contributed by atoms with E-state index in [1.807, 2.05) is 55.5 Å². The lowest BCUT2D eigenvalue weighted by Crippen LogP contribution is -2.35. The van der Waals surface area contributed by atoms with Gasteiger partial charge in [-0.3, -0.25) is 9.69 Å². The summed E-state index contributed by atoms with van der Waals surface area (Å²) in [4.78, 5) is 35.6. The Balaban J connectivity index is 1.19. The number of anilines is 1. The first-order valence-electron chi connectivity index (χ1n) is 13.8. The van der Waals surface area contributed by atoms with E-state index in [0.717, 1.165) is 22.4 Å². The molecule has 3 aromatic carbocycles. The van der Waals surface area contributed by atoms with Crippen LogP contribution in [0.2, 0.25) is 0 Å². The van der Waals surface area contributed by atoms with Crippen LogP contribution in [0.25, 0.3) is 17.1 Å². The van der Waals surface area contributed by atoms with Gasteiger partial charge in [-0.1, -0.05) is 68.1 Å². The van der Waals surface area contributed by atoms with Gasteiger partial charge in [0.1, 0.15) is 12.1 Å². The van der Waals surface area contributed by atoms with Crippen molar-refractivity contribution in [1.82, 2.24) is 20.1 Å². The number of hydrogen-bond donors (Lipinski definition) is 1. The average molecular weight is 623 g/mol. The van der Waals surface area contributed by atoms with Crippen LogP contribution in [0.15, 0.2) is 84.1 Å². The van der Waals surface area contributed by atoms with Gasteiger partial charge in [-0.25, -0.2) is 14.5 Å². The minimum absolute atomic E-state index is 0.115. The largest absolute Gasteiger partial charge is 0.573 e. The average Bonchev–Trinajstić information content (AvgIpc) is 3.60. The van der Waals surface area contributed by atoms with Crippen LogP contribution in [0.3, 0.4) is 0 Å². The van der Waals surface area contributed by atoms with Crippen molar-refractivity contribution in [3.63, 3.8) is 0 Å². The normalized spacial score (nSPS) is 15.2. The first-order valence-corrected chi connectivity index (χ1v) is 14.8. The molecule has 228 valence electrons. The number of thioether (sulfide) groups is 1. The summed E-state index contributed by atoms with van der Waals surface area (Å²) < 4.78 is 42.6. The van der Waals surface area contributed by atoms with Crippen molar-refractivity contribution < 1.29 is 27.5 Å². The van der Waals surface area contributed by atoms with Crippen LogP contribution in [0.1, 0.15) is 37.8 Å². The number of nitrogens with one attached hydrogen (secondary N) is 1. The van der Waals surface area contributed by atoms with Gasteiger partial charge in [-0.2, -0.15) is 4.99 Å². The topological polar surface area (TPSA) is 102 Å². The Morgan fingerprint density at radius 1 is 1.05 bits per heavy atom. The monoisotopic (exact) mass is 622 g/mol. The zero-order valence-electron chi connectivity index (χ0n) is 24.1. The number of halogens is 3. The molecular formula is C31H29F3N6O3S. The minimum Gasteiger partial charge on any atom is -0.406 e. The molecule has 1 unspecified atom stereocenters. The molecule has 1 aliphatic rings. The van der Waals surface area contributed by atoms with E-state index in [9.17, 15) is 22.8 Å². The fourth-order valence-electron chi connectivity index (χ4n) is 4.71. The second-order valence-corrected chi connectivity index (χ2v) is 11.4. The lowest BCUT2D eigenvalue weighted by atomic mass is 10.0. The number of amides is 3. The molecule has 0 aliphatic carbocycles. The molecule has 0 bridgehead atoms. The van der Waals surface area contributed by atoms with Gasteiger partial charge in [0.25, 0.3) is 0 Å². The minimum atomic E-state index is -4.76. The number of benzene rings is 3. The Kier molecular flexibility index (Phi) is 9.04. The van der Waals surface area contributed by atoms with Crippen molar-refractivity contribution in [1.29, 1.82) is 0 Å². The van der Waals surface area contributed by atoms with Gasteiger partial charge < -0.3 is 10.1 Å². The van der Waals surface area contributed by atoms with Crippen LogP contribution in [0.4, 0.5) is 23.7 Å². The molecular weight excluding hydrogens is 593 g/mol. The highest BCUT2D eigenvalue weighted by atomic mass is 32.2. The first-order chi connectivity index (χ1) is 21.0. The number of carbonyl (C=O) groups excluding carboxylic acids is 2. The number of alkyl halides is 3. The second-order valence-electron chi connectivity index (χ2n) is 10.4. The van der Waals surface area contributed by atoms with E-state index in [1.54, 1.807) is 0 Å². The van der Waals surface area contributed by atoms with Crippen LogP contribution in [-0.4, -0.2) is 50.0 Å². The summed E-state index contributed by atoms with van der Waals surface area (Å²) in [6.07, 6.45) is -2.75. The molecule has 1 aromatic heterocycles. The van der Waals surface area contributed by atoms with Crippen molar-refractivity contribution in [2.24, 2.45) is 4.99 Å². The van der Waals surface area contributed by atoms with Gasteiger partial charge in [0, 0.05) is 11.6 Å². The zero-order chi connectivity index (χ0) is 31.4. The molecule has 1 atom stereocenters. The number of aliphatic imine (C=N–C) groups is 1. The summed E-state index contributed by atoms with van der Waals surface area (Å²) in [6.45, 7) is 5.98. The van der Waals surface area contributed by atoms with Crippen LogP contribution in [-0.2, 0) is 11.2 Å². The van der Waals surface area contributed by atoms with Gasteiger partial charge in [0.2, 0.25) is 5.91 Å². The summed E-state index contributed by atoms with van der Waals surface area (Å²) in [7, 11) is 0. The summed E-state index contributed by atoms with van der Waals surface area (Å²) >= 11 is 1.24. The molecule has 1 saturated heterocycles. The molecule has 2 heterocycles. The van der Waals surface area contributed by atoms with E-state index in [-0.39, 0.29) is 29.4 Å². The molecule has 4 aromatic rings. The molecule has 1 N–H and O–H groups in total. The lowest BCUT2D eigenvalue weighted by molar-refractivity contribution is -0.274. The van der Waals surface area contributed by atoms with Crippen molar-refractivity contribution in [3.8, 4) is 22.8 Å². The Morgan fingerprint density at radius 2 is 1.75 bits per heavy atom. The smallest absolute Gasteiger partial charge is 0.406 e. The Morgan fingerprint density at radius 3 is 2.43 bits per heavy atom. The van der Waals surface area contributed by atoms with Crippen molar-refractivity contribution in [3.05, 3.63) is 90.3 Å². The maximum absolute atomic E-state index is 12.8. The number of rotatable bonds is 8. The molecule has 0 spiro atoms. The highest BCUT2D eigenvalue weighted by Gasteiger charge is 2.32. The fraction of sp³-hybridized carbons (Fsp3) is 0.258. The van der Waals surface area contributed by atoms with Crippen LogP contribution >= 0.6 is 11.8 Å². The van der Waals surface area contributed by atoms with E-state index in [4.69, 9.17) is 0 Å². The number of carbonyl (C=O) groups is 2. The van der Waals surface area contributed by atoms with E-state index < -0.39 is 12.4 Å². The number of urea groups is 1. The van der Waals surface area contributed by atoms with Crippen LogP contribution in [0.5, 0.6) is 5.75 Å². The molecule has 13 heteroatoms. The number of amidine groups is 1. The highest BCUT2D eigenvalue weighted by Crippen LogP contribution is 2.33. The van der Waals surface area contributed by atoms with Gasteiger partial charge >= 0.3 is 12.4 Å². The SMILES string of the molecule is CC(Cc1ccc(-c2ncn(-c3ccc(OC(F)(F)F)cc3)n2)cc1)NC(=O)N=C1SCC(=O)N1c1ccccc1C(C)C. The summed E-state index contributed by atoms with van der Waals surface area (Å²) in [5, 5.41) is 7.67. The van der Waals surface area contributed by atoms with Crippen LogP contribution in [0, 0.1) is 0 Å². The van der Waals surface area contributed by atoms with Gasteiger partial charge in [-0.05, 0) is 60.7 Å². The molecule has 1 fully saturated rings. The van der Waals surface area contributed by atoms with E-state index >= 15 is 0 Å². The summed E-state index contributed by atoms with van der Waals surface area (Å²) in [5.74, 6) is 0.417. The number of aromatic nitrogens is 3. The highest BCUT2D eigenvalue weighted by molar-refractivity contribution is 8.15. The maximum Gasteiger partial charge on any atom is 0.573 e. The number of hydrogen-bond acceptors (Lipinski definition) is 6. The molecule has 5 rings (SSSR count). The maximum atomic E-state index is 12.8. The van der Waals surface area contributed by atoms with Crippen molar-refractivity contribution >= 4 is 34.6 Å². The Labute approximate surface area is 256 Å². The Hall–Kier alpha value is -4.65. The third-order valence-electron chi connectivity index (χ3n) is 6.71. The summed E-state index contributed by atoms with van der Waals surface area (Å²) in [6, 6.07) is 19.7. The predicted octanol–water partition coefficient (Wildman–Crippen LogP) is 6.73. The molecule has 1 aliphatic heterocycles. The van der Waals surface area contributed by atoms with Crippen molar-refractivity contribution in [2.75, 3.05) is 10.7 Å². The standard InChI is InChI=1S/C31H29F3N6O3S/c1-19(2)25-6-4-5-7-26(25)40-27(41)17-44-30(40)37-29(42)36-20(3)16-21-8-10-22(11-9-21)28-35-18-39(38-28)23-12-14-24(15-13-23)43-31(32,33)34/h4-15,18-20H,16-17H2,1-3H3,(H,36,42). The van der Waals surface area contributed by atoms with Crippen LogP contribution < -0.4 is 15.0 Å². The number of nitrogens with zero attached hydrogens (tertiary/aromatic N) is 5. The molecule has 3 amide bonds. The fourth-order valence-corrected chi connectivity index (χ4v) is 5.56.